The van der Waals surface area contributed by atoms with Crippen LogP contribution in [0.3, 0.4) is 0 Å². The summed E-state index contributed by atoms with van der Waals surface area (Å²) in [7, 11) is 1.50. The van der Waals surface area contributed by atoms with E-state index in [1.54, 1.807) is 24.3 Å². The van der Waals surface area contributed by atoms with Crippen molar-refractivity contribution < 1.29 is 14.3 Å². The van der Waals surface area contributed by atoms with Crippen molar-refractivity contribution >= 4 is 11.8 Å². The van der Waals surface area contributed by atoms with Gasteiger partial charge in [0.1, 0.15) is 11.8 Å². The summed E-state index contributed by atoms with van der Waals surface area (Å²) in [5.74, 6) is -0.0719. The molecule has 2 amide bonds. The van der Waals surface area contributed by atoms with E-state index in [2.05, 4.69) is 27.0 Å². The number of para-hydroxylation sites is 1. The van der Waals surface area contributed by atoms with Gasteiger partial charge in [0.25, 0.3) is 5.91 Å². The number of rotatable bonds is 6. The normalized spacial score (nSPS) is 19.3. The third kappa shape index (κ3) is 4.82. The average molecular weight is 369 g/mol. The standard InChI is InChI=1S/C19H23N5O3/c1-12-7-9-13(10-8-12)11-15-18(26)20-19(23-21-15)24-22-17(25)14-5-3-4-6-16(14)27-2/h3-10,15,19,21,23-24H,11H2,1-2H3,(H,20,26)(H,22,25). The third-order valence-electron chi connectivity index (χ3n) is 4.25. The molecule has 5 N–H and O–H groups in total. The summed E-state index contributed by atoms with van der Waals surface area (Å²) in [6.07, 6.45) is -0.0928. The van der Waals surface area contributed by atoms with Crippen molar-refractivity contribution in [1.82, 2.24) is 27.0 Å². The highest BCUT2D eigenvalue weighted by Crippen LogP contribution is 2.16. The quantitative estimate of drug-likeness (QED) is 0.471. The van der Waals surface area contributed by atoms with Crippen LogP contribution in [0.25, 0.3) is 0 Å². The number of hydrogen-bond donors (Lipinski definition) is 5. The van der Waals surface area contributed by atoms with Crippen LogP contribution in [0.1, 0.15) is 21.5 Å². The molecule has 0 saturated carbocycles. The van der Waals surface area contributed by atoms with Gasteiger partial charge in [0.2, 0.25) is 5.91 Å². The van der Waals surface area contributed by atoms with Crippen LogP contribution in [0.4, 0.5) is 0 Å². The van der Waals surface area contributed by atoms with E-state index >= 15 is 0 Å². The lowest BCUT2D eigenvalue weighted by Gasteiger charge is -2.32. The molecule has 8 nitrogen and oxygen atoms in total. The Kier molecular flexibility index (Phi) is 6.02. The monoisotopic (exact) mass is 369 g/mol. The molecule has 2 unspecified atom stereocenters. The minimum atomic E-state index is -0.648. The molecule has 142 valence electrons. The number of methoxy groups -OCH3 is 1. The number of ether oxygens (including phenoxy) is 1. The van der Waals surface area contributed by atoms with E-state index in [4.69, 9.17) is 4.74 Å². The summed E-state index contributed by atoms with van der Waals surface area (Å²) < 4.78 is 5.17. The molecule has 1 saturated heterocycles. The van der Waals surface area contributed by atoms with Crippen LogP contribution in [-0.4, -0.2) is 31.3 Å². The molecule has 2 aromatic carbocycles. The van der Waals surface area contributed by atoms with E-state index in [0.29, 0.717) is 17.7 Å². The Hall–Kier alpha value is -2.94. The van der Waals surface area contributed by atoms with Gasteiger partial charge in [-0.05, 0) is 31.0 Å². The largest absolute Gasteiger partial charge is 0.496 e. The number of carbonyl (C=O) groups excluding carboxylic acids is 2. The van der Waals surface area contributed by atoms with Gasteiger partial charge < -0.3 is 10.1 Å². The maximum absolute atomic E-state index is 12.3. The van der Waals surface area contributed by atoms with Crippen LogP contribution in [0, 0.1) is 6.92 Å². The highest BCUT2D eigenvalue weighted by molar-refractivity contribution is 5.96. The molecule has 27 heavy (non-hydrogen) atoms. The molecule has 1 aliphatic heterocycles. The van der Waals surface area contributed by atoms with Gasteiger partial charge in [0.05, 0.1) is 12.7 Å². The predicted octanol–water partition coefficient (Wildman–Crippen LogP) is 0.357. The van der Waals surface area contributed by atoms with E-state index in [-0.39, 0.29) is 11.8 Å². The van der Waals surface area contributed by atoms with Crippen molar-refractivity contribution in [1.29, 1.82) is 0 Å². The van der Waals surface area contributed by atoms with Crippen LogP contribution in [0.2, 0.25) is 0 Å². The fraction of sp³-hybridized carbons (Fsp3) is 0.263. The zero-order valence-electron chi connectivity index (χ0n) is 15.2. The Labute approximate surface area is 157 Å². The minimum Gasteiger partial charge on any atom is -0.496 e. The van der Waals surface area contributed by atoms with Gasteiger partial charge >= 0.3 is 0 Å². The Bertz CT molecular complexity index is 809. The zero-order chi connectivity index (χ0) is 19.2. The first-order valence-electron chi connectivity index (χ1n) is 8.62. The molecule has 2 atom stereocenters. The van der Waals surface area contributed by atoms with Crippen LogP contribution in [0.5, 0.6) is 5.75 Å². The number of aryl methyl sites for hydroxylation is 1. The second-order valence-corrected chi connectivity index (χ2v) is 6.27. The van der Waals surface area contributed by atoms with Crippen LogP contribution < -0.4 is 31.8 Å². The topological polar surface area (TPSA) is 104 Å². The van der Waals surface area contributed by atoms with E-state index in [1.807, 2.05) is 31.2 Å². The van der Waals surface area contributed by atoms with Crippen molar-refractivity contribution in [2.24, 2.45) is 0 Å². The number of benzene rings is 2. The molecular formula is C19H23N5O3. The third-order valence-corrected chi connectivity index (χ3v) is 4.25. The van der Waals surface area contributed by atoms with Crippen molar-refractivity contribution in [2.75, 3.05) is 7.11 Å². The fourth-order valence-electron chi connectivity index (χ4n) is 2.74. The van der Waals surface area contributed by atoms with Gasteiger partial charge in [-0.25, -0.2) is 10.9 Å². The van der Waals surface area contributed by atoms with Crippen molar-refractivity contribution in [3.8, 4) is 5.75 Å². The van der Waals surface area contributed by atoms with Crippen LogP contribution in [-0.2, 0) is 11.2 Å². The van der Waals surface area contributed by atoms with E-state index < -0.39 is 12.3 Å². The lowest BCUT2D eigenvalue weighted by atomic mass is 10.0. The molecule has 8 heteroatoms. The van der Waals surface area contributed by atoms with Gasteiger partial charge in [0.15, 0.2) is 6.29 Å². The van der Waals surface area contributed by atoms with E-state index in [9.17, 15) is 9.59 Å². The van der Waals surface area contributed by atoms with Crippen molar-refractivity contribution in [3.05, 3.63) is 65.2 Å². The highest BCUT2D eigenvalue weighted by atomic mass is 16.5. The maximum Gasteiger partial charge on any atom is 0.269 e. The number of hydrazine groups is 2. The summed E-state index contributed by atoms with van der Waals surface area (Å²) in [5.41, 5.74) is 13.8. The first-order valence-corrected chi connectivity index (χ1v) is 8.62. The molecule has 1 fully saturated rings. The van der Waals surface area contributed by atoms with Crippen molar-refractivity contribution in [2.45, 2.75) is 25.7 Å². The molecule has 3 rings (SSSR count). The molecule has 2 aromatic rings. The van der Waals surface area contributed by atoms with Gasteiger partial charge in [-0.3, -0.25) is 15.0 Å². The summed E-state index contributed by atoms with van der Waals surface area (Å²) in [6, 6.07) is 14.5. The number of carbonyl (C=O) groups is 2. The molecule has 1 aliphatic rings. The Morgan fingerprint density at radius 1 is 1.11 bits per heavy atom. The molecular weight excluding hydrogens is 346 g/mol. The summed E-state index contributed by atoms with van der Waals surface area (Å²) in [5, 5.41) is 2.76. The maximum atomic E-state index is 12.3. The summed E-state index contributed by atoms with van der Waals surface area (Å²) >= 11 is 0. The lowest BCUT2D eigenvalue weighted by Crippen LogP contribution is -2.72. The molecule has 0 aromatic heterocycles. The number of amides is 2. The van der Waals surface area contributed by atoms with Gasteiger partial charge in [-0.1, -0.05) is 42.0 Å². The van der Waals surface area contributed by atoms with Crippen molar-refractivity contribution in [3.63, 3.8) is 0 Å². The smallest absolute Gasteiger partial charge is 0.269 e. The van der Waals surface area contributed by atoms with Gasteiger partial charge in [-0.15, -0.1) is 0 Å². The van der Waals surface area contributed by atoms with E-state index in [0.717, 1.165) is 5.56 Å². The summed E-state index contributed by atoms with van der Waals surface area (Å²) in [6.45, 7) is 2.02. The predicted molar refractivity (Wildman–Crippen MR) is 100 cm³/mol. The first-order chi connectivity index (χ1) is 13.1. The molecule has 0 radical (unpaired) electrons. The Morgan fingerprint density at radius 3 is 2.56 bits per heavy atom. The molecule has 0 aliphatic carbocycles. The van der Waals surface area contributed by atoms with Gasteiger partial charge in [-0.2, -0.15) is 5.43 Å². The van der Waals surface area contributed by atoms with E-state index in [1.165, 1.54) is 12.7 Å². The number of nitrogens with one attached hydrogen (secondary N) is 5. The summed E-state index contributed by atoms with van der Waals surface area (Å²) in [4.78, 5) is 24.6. The molecule has 1 heterocycles. The zero-order valence-corrected chi connectivity index (χ0v) is 15.2. The average Bonchev–Trinajstić information content (AvgIpc) is 2.69. The first kappa shape index (κ1) is 18.8. The number of hydrogen-bond acceptors (Lipinski definition) is 6. The van der Waals surface area contributed by atoms with Gasteiger partial charge in [0, 0.05) is 0 Å². The molecule has 0 spiro atoms. The SMILES string of the molecule is COc1ccccc1C(=O)NNC1NNC(Cc2ccc(C)cc2)C(=O)N1. The van der Waals surface area contributed by atoms with Crippen LogP contribution in [0.15, 0.2) is 48.5 Å². The Balaban J connectivity index is 1.50. The minimum absolute atomic E-state index is 0.168. The Morgan fingerprint density at radius 2 is 1.85 bits per heavy atom. The van der Waals surface area contributed by atoms with Crippen LogP contribution >= 0.6 is 0 Å². The second kappa shape index (κ2) is 8.63. The second-order valence-electron chi connectivity index (χ2n) is 6.27. The fourth-order valence-corrected chi connectivity index (χ4v) is 2.74. The lowest BCUT2D eigenvalue weighted by molar-refractivity contribution is -0.127. The molecule has 0 bridgehead atoms. The highest BCUT2D eigenvalue weighted by Gasteiger charge is 2.27.